The summed E-state index contributed by atoms with van der Waals surface area (Å²) in [5.74, 6) is 1.04. The predicted octanol–water partition coefficient (Wildman–Crippen LogP) is 4.47. The van der Waals surface area contributed by atoms with Crippen LogP contribution in [0.4, 0.5) is 0 Å². The third kappa shape index (κ3) is 3.52. The van der Waals surface area contributed by atoms with E-state index in [2.05, 4.69) is 17.9 Å². The molecule has 1 saturated heterocycles. The van der Waals surface area contributed by atoms with Crippen molar-refractivity contribution in [2.24, 2.45) is 5.92 Å². The van der Waals surface area contributed by atoms with Crippen molar-refractivity contribution in [1.82, 2.24) is 14.8 Å². The molecule has 140 valence electrons. The van der Waals surface area contributed by atoms with E-state index >= 15 is 0 Å². The lowest BCUT2D eigenvalue weighted by molar-refractivity contribution is -0.134. The van der Waals surface area contributed by atoms with Gasteiger partial charge in [0.15, 0.2) is 0 Å². The van der Waals surface area contributed by atoms with Crippen molar-refractivity contribution in [3.8, 4) is 0 Å². The maximum Gasteiger partial charge on any atom is 0.237 e. The van der Waals surface area contributed by atoms with Gasteiger partial charge in [0.25, 0.3) is 0 Å². The second-order valence-electron chi connectivity index (χ2n) is 7.93. The van der Waals surface area contributed by atoms with Crippen LogP contribution in [0.5, 0.6) is 0 Å². The van der Waals surface area contributed by atoms with Gasteiger partial charge in [-0.25, -0.2) is 4.98 Å². The molecule has 1 aliphatic heterocycles. The minimum atomic E-state index is 0.0202. The van der Waals surface area contributed by atoms with Crippen LogP contribution in [0, 0.1) is 5.92 Å². The molecule has 0 spiro atoms. The molecule has 0 unspecified atom stereocenters. The van der Waals surface area contributed by atoms with Gasteiger partial charge in [-0.3, -0.25) is 9.69 Å². The van der Waals surface area contributed by atoms with E-state index in [1.54, 1.807) is 11.3 Å². The Morgan fingerprint density at radius 2 is 2.04 bits per heavy atom. The van der Waals surface area contributed by atoms with Crippen LogP contribution in [0.3, 0.4) is 0 Å². The molecule has 1 amide bonds. The number of hydrogen-bond donors (Lipinski definition) is 0. The smallest absolute Gasteiger partial charge is 0.237 e. The largest absolute Gasteiger partial charge is 0.335 e. The molecule has 2 heterocycles. The molecule has 0 bridgehead atoms. The first-order valence-corrected chi connectivity index (χ1v) is 10.8. The zero-order chi connectivity index (χ0) is 18.1. The zero-order valence-electron chi connectivity index (χ0n) is 15.9. The van der Waals surface area contributed by atoms with Crippen molar-refractivity contribution >= 4 is 27.5 Å². The Balaban J connectivity index is 1.43. The molecular weight excluding hydrogens is 342 g/mol. The van der Waals surface area contributed by atoms with Crippen LogP contribution in [0.1, 0.15) is 56.5 Å². The zero-order valence-corrected chi connectivity index (χ0v) is 16.7. The Bertz CT molecular complexity index is 738. The number of rotatable bonds is 4. The molecule has 4 rings (SSSR count). The second-order valence-corrected chi connectivity index (χ2v) is 8.99. The van der Waals surface area contributed by atoms with Gasteiger partial charge in [0.2, 0.25) is 5.91 Å². The number of hydrogen-bond acceptors (Lipinski definition) is 4. The van der Waals surface area contributed by atoms with E-state index in [1.165, 1.54) is 43.2 Å². The number of aromatic nitrogens is 1. The number of nitrogens with zero attached hydrogens (tertiary/aromatic N) is 3. The Labute approximate surface area is 160 Å². The monoisotopic (exact) mass is 371 g/mol. The number of likely N-dealkylation sites (tertiary alicyclic amines) is 1. The minimum Gasteiger partial charge on any atom is -0.335 e. The quantitative estimate of drug-likeness (QED) is 0.795. The molecule has 3 atom stereocenters. The number of thiazole rings is 1. The maximum absolute atomic E-state index is 13.0. The molecule has 26 heavy (non-hydrogen) atoms. The fourth-order valence-electron chi connectivity index (χ4n) is 4.66. The summed E-state index contributed by atoms with van der Waals surface area (Å²) in [6.07, 6.45) is 7.92. The van der Waals surface area contributed by atoms with Crippen LogP contribution in [0.2, 0.25) is 0 Å². The number of piperidine rings is 1. The van der Waals surface area contributed by atoms with Crippen molar-refractivity contribution in [2.75, 3.05) is 20.1 Å². The molecule has 1 aliphatic carbocycles. The summed E-state index contributed by atoms with van der Waals surface area (Å²) in [4.78, 5) is 22.1. The Kier molecular flexibility index (Phi) is 5.28. The standard InChI is InChI=1S/C21H29N3OS/c1-15(21-22-17-10-4-6-12-19(17)26-21)23(2)20(25)14-24-13-7-9-16-8-3-5-11-18(16)24/h4,6,10,12,15-16,18H,3,5,7-9,11,13-14H2,1-2H3/t15-,16+,18-/m0/s1. The van der Waals surface area contributed by atoms with E-state index in [4.69, 9.17) is 4.98 Å². The number of carbonyl (C=O) groups excluding carboxylic acids is 1. The first-order chi connectivity index (χ1) is 12.6. The summed E-state index contributed by atoms with van der Waals surface area (Å²) in [7, 11) is 1.93. The lowest BCUT2D eigenvalue weighted by Gasteiger charge is -2.44. The molecule has 4 nitrogen and oxygen atoms in total. The molecule has 5 heteroatoms. The Hall–Kier alpha value is -1.46. The molecule has 1 saturated carbocycles. The molecular formula is C21H29N3OS. The van der Waals surface area contributed by atoms with Gasteiger partial charge in [0.1, 0.15) is 5.01 Å². The van der Waals surface area contributed by atoms with Gasteiger partial charge in [-0.1, -0.05) is 25.0 Å². The molecule has 0 N–H and O–H groups in total. The third-order valence-corrected chi connectivity index (χ3v) is 7.55. The Morgan fingerprint density at radius 1 is 1.27 bits per heavy atom. The van der Waals surface area contributed by atoms with Gasteiger partial charge in [-0.15, -0.1) is 11.3 Å². The number of amides is 1. The molecule has 1 aromatic heterocycles. The average Bonchev–Trinajstić information content (AvgIpc) is 3.11. The van der Waals surface area contributed by atoms with Crippen LogP contribution in [0.25, 0.3) is 10.2 Å². The predicted molar refractivity (Wildman–Crippen MR) is 107 cm³/mol. The number of para-hydroxylation sites is 1. The van der Waals surface area contributed by atoms with E-state index in [1.807, 2.05) is 30.1 Å². The Morgan fingerprint density at radius 3 is 2.88 bits per heavy atom. The summed E-state index contributed by atoms with van der Waals surface area (Å²) < 4.78 is 1.19. The molecule has 2 aliphatic rings. The first-order valence-electron chi connectivity index (χ1n) is 9.98. The van der Waals surface area contributed by atoms with Crippen LogP contribution in [-0.4, -0.2) is 46.9 Å². The van der Waals surface area contributed by atoms with E-state index in [0.29, 0.717) is 12.6 Å². The van der Waals surface area contributed by atoms with Crippen LogP contribution >= 0.6 is 11.3 Å². The molecule has 2 aromatic rings. The van der Waals surface area contributed by atoms with Crippen molar-refractivity contribution in [3.63, 3.8) is 0 Å². The van der Waals surface area contributed by atoms with E-state index in [9.17, 15) is 4.79 Å². The van der Waals surface area contributed by atoms with Crippen molar-refractivity contribution < 1.29 is 4.79 Å². The number of likely N-dealkylation sites (N-methyl/N-ethyl adjacent to an activating group) is 1. The molecule has 1 aromatic carbocycles. The van der Waals surface area contributed by atoms with Crippen LogP contribution < -0.4 is 0 Å². The highest BCUT2D eigenvalue weighted by Crippen LogP contribution is 2.35. The number of carbonyl (C=O) groups is 1. The van der Waals surface area contributed by atoms with Crippen LogP contribution in [-0.2, 0) is 4.79 Å². The van der Waals surface area contributed by atoms with Crippen LogP contribution in [0.15, 0.2) is 24.3 Å². The van der Waals surface area contributed by atoms with E-state index < -0.39 is 0 Å². The van der Waals surface area contributed by atoms with E-state index in [0.717, 1.165) is 23.0 Å². The summed E-state index contributed by atoms with van der Waals surface area (Å²) in [6, 6.07) is 8.85. The van der Waals surface area contributed by atoms with Gasteiger partial charge in [-0.2, -0.15) is 0 Å². The average molecular weight is 372 g/mol. The lowest BCUT2D eigenvalue weighted by Crippen LogP contribution is -2.50. The summed E-state index contributed by atoms with van der Waals surface area (Å²) >= 11 is 1.70. The highest BCUT2D eigenvalue weighted by atomic mass is 32.1. The summed E-state index contributed by atoms with van der Waals surface area (Å²) in [6.45, 7) is 3.73. The van der Waals surface area contributed by atoms with Gasteiger partial charge in [0, 0.05) is 13.1 Å². The highest BCUT2D eigenvalue weighted by molar-refractivity contribution is 7.18. The van der Waals surface area contributed by atoms with Gasteiger partial charge in [-0.05, 0) is 57.2 Å². The first kappa shape index (κ1) is 17.9. The molecule has 2 fully saturated rings. The second kappa shape index (κ2) is 7.65. The van der Waals surface area contributed by atoms with Gasteiger partial charge in [0.05, 0.1) is 22.8 Å². The number of fused-ring (bicyclic) bond motifs is 2. The van der Waals surface area contributed by atoms with Gasteiger partial charge < -0.3 is 4.90 Å². The highest BCUT2D eigenvalue weighted by Gasteiger charge is 2.34. The van der Waals surface area contributed by atoms with Crippen molar-refractivity contribution in [2.45, 2.75) is 57.5 Å². The third-order valence-electron chi connectivity index (χ3n) is 6.34. The van der Waals surface area contributed by atoms with E-state index in [-0.39, 0.29) is 11.9 Å². The normalized spacial score (nSPS) is 25.0. The summed E-state index contributed by atoms with van der Waals surface area (Å²) in [5.41, 5.74) is 1.03. The van der Waals surface area contributed by atoms with Gasteiger partial charge >= 0.3 is 0 Å². The van der Waals surface area contributed by atoms with Crippen molar-refractivity contribution in [1.29, 1.82) is 0 Å². The SMILES string of the molecule is C[C@@H](c1nc2ccccc2s1)N(C)C(=O)CN1CCC[C@H]2CCCC[C@@H]21. The number of benzene rings is 1. The fraction of sp³-hybridized carbons (Fsp3) is 0.619. The minimum absolute atomic E-state index is 0.0202. The maximum atomic E-state index is 13.0. The fourth-order valence-corrected chi connectivity index (χ4v) is 5.72. The molecule has 0 radical (unpaired) electrons. The topological polar surface area (TPSA) is 36.4 Å². The summed E-state index contributed by atoms with van der Waals surface area (Å²) in [5, 5.41) is 1.02. The lowest BCUT2D eigenvalue weighted by atomic mass is 9.78. The van der Waals surface area contributed by atoms with Crippen molar-refractivity contribution in [3.05, 3.63) is 29.3 Å².